The van der Waals surface area contributed by atoms with Gasteiger partial charge in [0.05, 0.1) is 7.11 Å². The zero-order valence-electron chi connectivity index (χ0n) is 10.5. The highest BCUT2D eigenvalue weighted by Crippen LogP contribution is 2.07. The molecule has 1 aliphatic heterocycles. The lowest BCUT2D eigenvalue weighted by atomic mass is 10.3. The van der Waals surface area contributed by atoms with Crippen LogP contribution in [0, 0.1) is 0 Å². The van der Waals surface area contributed by atoms with Crippen LogP contribution in [-0.4, -0.2) is 43.2 Å². The van der Waals surface area contributed by atoms with Crippen molar-refractivity contribution < 1.29 is 4.74 Å². The zero-order valence-corrected chi connectivity index (χ0v) is 10.5. The first kappa shape index (κ1) is 12.3. The van der Waals surface area contributed by atoms with Gasteiger partial charge in [0, 0.05) is 31.9 Å². The van der Waals surface area contributed by atoms with Crippen LogP contribution in [0.5, 0.6) is 5.88 Å². The van der Waals surface area contributed by atoms with Crippen LogP contribution in [0.2, 0.25) is 0 Å². The fraction of sp³-hybridized carbons (Fsp3) is 0.615. The van der Waals surface area contributed by atoms with Crippen molar-refractivity contribution in [3.05, 3.63) is 23.9 Å². The number of nitrogens with zero attached hydrogens (tertiary/aromatic N) is 2. The maximum Gasteiger partial charge on any atom is 0.212 e. The number of likely N-dealkylation sites (tertiary alicyclic amines) is 1. The molecule has 0 unspecified atom stereocenters. The van der Waals surface area contributed by atoms with Crippen molar-refractivity contribution in [1.29, 1.82) is 0 Å². The van der Waals surface area contributed by atoms with Gasteiger partial charge >= 0.3 is 0 Å². The first-order valence-electron chi connectivity index (χ1n) is 6.30. The molecule has 0 radical (unpaired) electrons. The van der Waals surface area contributed by atoms with Gasteiger partial charge in [0.25, 0.3) is 0 Å². The molecule has 0 amide bonds. The van der Waals surface area contributed by atoms with Crippen molar-refractivity contribution in [1.82, 2.24) is 15.2 Å². The van der Waals surface area contributed by atoms with Crippen LogP contribution in [0.15, 0.2) is 18.3 Å². The van der Waals surface area contributed by atoms with Crippen LogP contribution in [0.1, 0.15) is 18.4 Å². The SMILES string of the molecule is COc1ccc(CNCCN2CCCC2)cn1. The minimum atomic E-state index is 0.672. The zero-order chi connectivity index (χ0) is 11.9. The number of methoxy groups -OCH3 is 1. The second-order valence-electron chi connectivity index (χ2n) is 4.43. The van der Waals surface area contributed by atoms with Crippen LogP contribution in [-0.2, 0) is 6.54 Å². The Morgan fingerprint density at radius 2 is 2.18 bits per heavy atom. The summed E-state index contributed by atoms with van der Waals surface area (Å²) in [7, 11) is 1.64. The average molecular weight is 235 g/mol. The molecule has 1 aromatic heterocycles. The van der Waals surface area contributed by atoms with Crippen molar-refractivity contribution in [2.24, 2.45) is 0 Å². The molecule has 1 aromatic rings. The van der Waals surface area contributed by atoms with E-state index in [1.54, 1.807) is 7.11 Å². The van der Waals surface area contributed by atoms with E-state index >= 15 is 0 Å². The monoisotopic (exact) mass is 235 g/mol. The Balaban J connectivity index is 1.63. The summed E-state index contributed by atoms with van der Waals surface area (Å²) in [4.78, 5) is 6.69. The highest BCUT2D eigenvalue weighted by molar-refractivity contribution is 5.17. The Bertz CT molecular complexity index is 320. The number of rotatable bonds is 6. The van der Waals surface area contributed by atoms with Gasteiger partial charge in [-0.15, -0.1) is 0 Å². The summed E-state index contributed by atoms with van der Waals surface area (Å²) in [6, 6.07) is 3.95. The number of hydrogen-bond donors (Lipinski definition) is 1. The second-order valence-corrected chi connectivity index (χ2v) is 4.43. The predicted octanol–water partition coefficient (Wildman–Crippen LogP) is 1.28. The molecule has 0 aromatic carbocycles. The summed E-state index contributed by atoms with van der Waals surface area (Å²) >= 11 is 0. The highest BCUT2D eigenvalue weighted by Gasteiger charge is 2.09. The van der Waals surface area contributed by atoms with Crippen molar-refractivity contribution >= 4 is 0 Å². The Morgan fingerprint density at radius 3 is 2.82 bits per heavy atom. The van der Waals surface area contributed by atoms with Gasteiger partial charge in [-0.3, -0.25) is 0 Å². The molecule has 1 N–H and O–H groups in total. The summed E-state index contributed by atoms with van der Waals surface area (Å²) in [5.74, 6) is 0.672. The summed E-state index contributed by atoms with van der Waals surface area (Å²) < 4.78 is 5.02. The van der Waals surface area contributed by atoms with Crippen LogP contribution < -0.4 is 10.1 Å². The molecule has 1 aliphatic rings. The van der Waals surface area contributed by atoms with Gasteiger partial charge < -0.3 is 15.0 Å². The quantitative estimate of drug-likeness (QED) is 0.754. The molecule has 94 valence electrons. The molecule has 4 heteroatoms. The van der Waals surface area contributed by atoms with Crippen molar-refractivity contribution in [2.75, 3.05) is 33.3 Å². The molecule has 4 nitrogen and oxygen atoms in total. The molecule has 2 heterocycles. The van der Waals surface area contributed by atoms with Gasteiger partial charge in [0.15, 0.2) is 0 Å². The predicted molar refractivity (Wildman–Crippen MR) is 68.2 cm³/mol. The first-order valence-corrected chi connectivity index (χ1v) is 6.30. The van der Waals surface area contributed by atoms with Crippen LogP contribution >= 0.6 is 0 Å². The molecule has 0 saturated carbocycles. The Hall–Kier alpha value is -1.13. The van der Waals surface area contributed by atoms with E-state index in [2.05, 4.69) is 21.3 Å². The molecular weight excluding hydrogens is 214 g/mol. The lowest BCUT2D eigenvalue weighted by molar-refractivity contribution is 0.335. The summed E-state index contributed by atoms with van der Waals surface area (Å²) in [5.41, 5.74) is 1.20. The molecule has 0 spiro atoms. The number of pyridine rings is 1. The van der Waals surface area contributed by atoms with E-state index in [1.165, 1.54) is 31.5 Å². The van der Waals surface area contributed by atoms with E-state index in [4.69, 9.17) is 4.74 Å². The van der Waals surface area contributed by atoms with Gasteiger partial charge in [-0.1, -0.05) is 6.07 Å². The van der Waals surface area contributed by atoms with E-state index in [-0.39, 0.29) is 0 Å². The largest absolute Gasteiger partial charge is 0.481 e. The van der Waals surface area contributed by atoms with Gasteiger partial charge in [-0.2, -0.15) is 0 Å². The van der Waals surface area contributed by atoms with Crippen LogP contribution in [0.4, 0.5) is 0 Å². The van der Waals surface area contributed by atoms with E-state index in [0.29, 0.717) is 5.88 Å². The Kier molecular flexibility index (Phi) is 4.76. The van der Waals surface area contributed by atoms with Crippen molar-refractivity contribution in [3.8, 4) is 5.88 Å². The number of nitrogens with one attached hydrogen (secondary N) is 1. The molecule has 0 atom stereocenters. The average Bonchev–Trinajstić information content (AvgIpc) is 2.88. The normalized spacial score (nSPS) is 16.3. The Labute approximate surface area is 103 Å². The number of hydrogen-bond acceptors (Lipinski definition) is 4. The third-order valence-electron chi connectivity index (χ3n) is 3.14. The molecule has 1 saturated heterocycles. The van der Waals surface area contributed by atoms with Gasteiger partial charge in [-0.05, 0) is 31.5 Å². The maximum atomic E-state index is 5.02. The summed E-state index contributed by atoms with van der Waals surface area (Å²) in [6.45, 7) is 5.62. The summed E-state index contributed by atoms with van der Waals surface area (Å²) in [6.07, 6.45) is 4.59. The second kappa shape index (κ2) is 6.57. The lowest BCUT2D eigenvalue weighted by Gasteiger charge is -2.14. The number of aromatic nitrogens is 1. The fourth-order valence-electron chi connectivity index (χ4n) is 2.11. The molecule has 0 bridgehead atoms. The third-order valence-corrected chi connectivity index (χ3v) is 3.14. The molecule has 1 fully saturated rings. The first-order chi connectivity index (χ1) is 8.38. The maximum absolute atomic E-state index is 5.02. The van der Waals surface area contributed by atoms with E-state index < -0.39 is 0 Å². The van der Waals surface area contributed by atoms with Crippen molar-refractivity contribution in [3.63, 3.8) is 0 Å². The number of ether oxygens (including phenoxy) is 1. The fourth-order valence-corrected chi connectivity index (χ4v) is 2.11. The minimum absolute atomic E-state index is 0.672. The summed E-state index contributed by atoms with van der Waals surface area (Å²) in [5, 5.41) is 3.44. The van der Waals surface area contributed by atoms with E-state index in [0.717, 1.165) is 19.6 Å². The smallest absolute Gasteiger partial charge is 0.212 e. The molecule has 0 aliphatic carbocycles. The van der Waals surface area contributed by atoms with E-state index in [9.17, 15) is 0 Å². The van der Waals surface area contributed by atoms with Gasteiger partial charge in [0.1, 0.15) is 0 Å². The van der Waals surface area contributed by atoms with Crippen LogP contribution in [0.25, 0.3) is 0 Å². The minimum Gasteiger partial charge on any atom is -0.481 e. The standard InChI is InChI=1S/C13H21N3O/c1-17-13-5-4-12(11-15-13)10-14-6-9-16-7-2-3-8-16/h4-5,11,14H,2-3,6-10H2,1H3. The lowest BCUT2D eigenvalue weighted by Crippen LogP contribution is -2.29. The molecule has 17 heavy (non-hydrogen) atoms. The third kappa shape index (κ3) is 3.98. The Morgan fingerprint density at radius 1 is 1.35 bits per heavy atom. The molecular formula is C13H21N3O. The molecule has 2 rings (SSSR count). The topological polar surface area (TPSA) is 37.4 Å². The van der Waals surface area contributed by atoms with Crippen molar-refractivity contribution in [2.45, 2.75) is 19.4 Å². The van der Waals surface area contributed by atoms with Gasteiger partial charge in [-0.25, -0.2) is 4.98 Å². The van der Waals surface area contributed by atoms with E-state index in [1.807, 2.05) is 12.3 Å². The highest BCUT2D eigenvalue weighted by atomic mass is 16.5. The van der Waals surface area contributed by atoms with Crippen LogP contribution in [0.3, 0.4) is 0 Å². The van der Waals surface area contributed by atoms with Gasteiger partial charge in [0.2, 0.25) is 5.88 Å².